The molecule has 14 heavy (non-hydrogen) atoms. The van der Waals surface area contributed by atoms with Gasteiger partial charge in [-0.05, 0) is 12.8 Å². The summed E-state index contributed by atoms with van der Waals surface area (Å²) in [6, 6.07) is 1.12. The molecule has 1 spiro atoms. The van der Waals surface area contributed by atoms with Crippen LogP contribution in [0.4, 0.5) is 0 Å². The van der Waals surface area contributed by atoms with Crippen molar-refractivity contribution in [2.75, 3.05) is 13.2 Å². The summed E-state index contributed by atoms with van der Waals surface area (Å²) in [6.45, 7) is 5.98. The first-order valence-corrected chi connectivity index (χ1v) is 5.82. The second-order valence-electron chi connectivity index (χ2n) is 4.39. The zero-order valence-electron chi connectivity index (χ0n) is 9.21. The Morgan fingerprint density at radius 3 is 2.00 bits per heavy atom. The molecule has 0 aromatic rings. The van der Waals surface area contributed by atoms with Crippen LogP contribution >= 0.6 is 0 Å². The summed E-state index contributed by atoms with van der Waals surface area (Å²) in [5.41, 5.74) is 0. The summed E-state index contributed by atoms with van der Waals surface area (Å²) >= 11 is 0. The first-order valence-electron chi connectivity index (χ1n) is 5.82. The predicted octanol–water partition coefficient (Wildman–Crippen LogP) is 1.67. The zero-order valence-corrected chi connectivity index (χ0v) is 9.21. The van der Waals surface area contributed by atoms with Gasteiger partial charge in [-0.15, -0.1) is 0 Å². The van der Waals surface area contributed by atoms with E-state index in [0.717, 1.165) is 38.9 Å². The Labute approximate surface area is 86.2 Å². The largest absolute Gasteiger partial charge is 0.347 e. The number of piperidine rings is 1. The summed E-state index contributed by atoms with van der Waals surface area (Å²) in [5, 5.41) is 3.64. The lowest BCUT2D eigenvalue weighted by Crippen LogP contribution is -2.53. The Hall–Kier alpha value is -0.120. The first-order chi connectivity index (χ1) is 6.78. The molecule has 82 valence electrons. The minimum Gasteiger partial charge on any atom is -0.347 e. The van der Waals surface area contributed by atoms with E-state index in [9.17, 15) is 0 Å². The lowest BCUT2D eigenvalue weighted by atomic mass is 9.90. The van der Waals surface area contributed by atoms with E-state index in [4.69, 9.17) is 9.47 Å². The van der Waals surface area contributed by atoms with Crippen LogP contribution < -0.4 is 5.32 Å². The van der Waals surface area contributed by atoms with Crippen LogP contribution in [0.15, 0.2) is 0 Å². The fourth-order valence-electron chi connectivity index (χ4n) is 2.54. The topological polar surface area (TPSA) is 30.5 Å². The maximum Gasteiger partial charge on any atom is 0.171 e. The molecule has 0 saturated carbocycles. The molecule has 1 N–H and O–H groups in total. The Morgan fingerprint density at radius 2 is 1.57 bits per heavy atom. The molecule has 3 heteroatoms. The van der Waals surface area contributed by atoms with Gasteiger partial charge in [-0.25, -0.2) is 0 Å². The Bertz CT molecular complexity index is 176. The van der Waals surface area contributed by atoms with Crippen molar-refractivity contribution in [1.29, 1.82) is 0 Å². The van der Waals surface area contributed by atoms with Gasteiger partial charge in [-0.3, -0.25) is 0 Å². The number of rotatable bonds is 2. The van der Waals surface area contributed by atoms with Crippen molar-refractivity contribution in [2.45, 2.75) is 57.4 Å². The van der Waals surface area contributed by atoms with Gasteiger partial charge in [0.25, 0.3) is 0 Å². The maximum atomic E-state index is 5.78. The average molecular weight is 199 g/mol. The van der Waals surface area contributed by atoms with Gasteiger partial charge in [-0.1, -0.05) is 13.8 Å². The second kappa shape index (κ2) is 4.17. The molecule has 3 nitrogen and oxygen atoms in total. The quantitative estimate of drug-likeness (QED) is 0.734. The molecule has 2 fully saturated rings. The third-order valence-electron chi connectivity index (χ3n) is 3.39. The number of nitrogens with one attached hydrogen (secondary N) is 1. The molecule has 0 bridgehead atoms. The molecule has 0 unspecified atom stereocenters. The second-order valence-corrected chi connectivity index (χ2v) is 4.39. The van der Waals surface area contributed by atoms with Crippen molar-refractivity contribution >= 4 is 0 Å². The van der Waals surface area contributed by atoms with Gasteiger partial charge in [0.05, 0.1) is 13.2 Å². The highest BCUT2D eigenvalue weighted by Crippen LogP contribution is 2.34. The van der Waals surface area contributed by atoms with E-state index in [0.29, 0.717) is 12.1 Å². The van der Waals surface area contributed by atoms with Crippen molar-refractivity contribution in [3.63, 3.8) is 0 Å². The number of hydrogen-bond acceptors (Lipinski definition) is 3. The summed E-state index contributed by atoms with van der Waals surface area (Å²) in [7, 11) is 0. The highest BCUT2D eigenvalue weighted by Gasteiger charge is 2.43. The third-order valence-corrected chi connectivity index (χ3v) is 3.39. The minimum atomic E-state index is -0.243. The fraction of sp³-hybridized carbons (Fsp3) is 1.00. The van der Waals surface area contributed by atoms with Gasteiger partial charge < -0.3 is 14.8 Å². The lowest BCUT2D eigenvalue weighted by Gasteiger charge is -2.41. The molecular weight excluding hydrogens is 178 g/mol. The summed E-state index contributed by atoms with van der Waals surface area (Å²) in [4.78, 5) is 0. The van der Waals surface area contributed by atoms with Crippen molar-refractivity contribution in [3.8, 4) is 0 Å². The van der Waals surface area contributed by atoms with Gasteiger partial charge in [0.2, 0.25) is 0 Å². The van der Waals surface area contributed by atoms with Crippen molar-refractivity contribution in [3.05, 3.63) is 0 Å². The van der Waals surface area contributed by atoms with Gasteiger partial charge in [0.1, 0.15) is 0 Å². The van der Waals surface area contributed by atoms with E-state index in [1.54, 1.807) is 0 Å². The normalized spacial score (nSPS) is 36.4. The average Bonchev–Trinajstić information content (AvgIpc) is 2.65. The summed E-state index contributed by atoms with van der Waals surface area (Å²) in [5.74, 6) is -0.243. The molecule has 0 radical (unpaired) electrons. The van der Waals surface area contributed by atoms with Crippen LogP contribution in [-0.2, 0) is 9.47 Å². The lowest BCUT2D eigenvalue weighted by molar-refractivity contribution is -0.188. The van der Waals surface area contributed by atoms with Crippen molar-refractivity contribution < 1.29 is 9.47 Å². The highest BCUT2D eigenvalue weighted by atomic mass is 16.7. The first kappa shape index (κ1) is 10.4. The molecular formula is C11H21NO2. The molecule has 2 atom stereocenters. The van der Waals surface area contributed by atoms with Crippen LogP contribution in [0.3, 0.4) is 0 Å². The summed E-state index contributed by atoms with van der Waals surface area (Å²) in [6.07, 6.45) is 4.34. The van der Waals surface area contributed by atoms with E-state index in [1.807, 2.05) is 0 Å². The van der Waals surface area contributed by atoms with Gasteiger partial charge in [-0.2, -0.15) is 0 Å². The monoisotopic (exact) mass is 199 g/mol. The van der Waals surface area contributed by atoms with E-state index in [1.165, 1.54) is 0 Å². The predicted molar refractivity (Wildman–Crippen MR) is 55.2 cm³/mol. The zero-order chi connectivity index (χ0) is 10.0. The molecule has 2 aliphatic rings. The Morgan fingerprint density at radius 1 is 1.07 bits per heavy atom. The van der Waals surface area contributed by atoms with Crippen LogP contribution in [0.25, 0.3) is 0 Å². The van der Waals surface area contributed by atoms with E-state index >= 15 is 0 Å². The molecule has 0 aliphatic carbocycles. The Balaban J connectivity index is 2.03. The van der Waals surface area contributed by atoms with Crippen molar-refractivity contribution in [2.24, 2.45) is 0 Å². The van der Waals surface area contributed by atoms with Gasteiger partial charge >= 0.3 is 0 Å². The fourth-order valence-corrected chi connectivity index (χ4v) is 2.54. The minimum absolute atomic E-state index is 0.243. The van der Waals surface area contributed by atoms with Crippen LogP contribution in [0, 0.1) is 0 Å². The number of hydrogen-bond donors (Lipinski definition) is 1. The van der Waals surface area contributed by atoms with Crippen LogP contribution in [0.2, 0.25) is 0 Å². The number of ether oxygens (including phenoxy) is 2. The van der Waals surface area contributed by atoms with E-state index in [2.05, 4.69) is 19.2 Å². The maximum absolute atomic E-state index is 5.78. The molecule has 0 amide bonds. The molecule has 2 saturated heterocycles. The molecule has 2 rings (SSSR count). The van der Waals surface area contributed by atoms with E-state index in [-0.39, 0.29) is 5.79 Å². The standard InChI is InChI=1S/C11H21NO2/c1-3-9-7-11(13-5-6-14-11)8-10(4-2)12-9/h9-10,12H,3-8H2,1-2H3/t9-,10-/m1/s1. The Kier molecular flexibility index (Phi) is 3.10. The van der Waals surface area contributed by atoms with Gasteiger partial charge in [0, 0.05) is 24.9 Å². The van der Waals surface area contributed by atoms with E-state index < -0.39 is 0 Å². The molecule has 2 aliphatic heterocycles. The van der Waals surface area contributed by atoms with Crippen LogP contribution in [-0.4, -0.2) is 31.1 Å². The SMILES string of the molecule is CC[C@@H]1CC2(C[C@@H](CC)N1)OCCO2. The molecule has 2 heterocycles. The van der Waals surface area contributed by atoms with Crippen LogP contribution in [0.5, 0.6) is 0 Å². The van der Waals surface area contributed by atoms with Crippen molar-refractivity contribution in [1.82, 2.24) is 5.32 Å². The van der Waals surface area contributed by atoms with Gasteiger partial charge in [0.15, 0.2) is 5.79 Å². The molecule has 0 aromatic carbocycles. The molecule has 0 aromatic heterocycles. The summed E-state index contributed by atoms with van der Waals surface area (Å²) < 4.78 is 11.6. The third kappa shape index (κ3) is 1.95. The smallest absolute Gasteiger partial charge is 0.171 e. The van der Waals surface area contributed by atoms with Crippen LogP contribution in [0.1, 0.15) is 39.5 Å². The highest BCUT2D eigenvalue weighted by molar-refractivity contribution is 4.91.